The predicted molar refractivity (Wildman–Crippen MR) is 66.8 cm³/mol. The lowest BCUT2D eigenvalue weighted by molar-refractivity contribution is 0.0150. The molecule has 0 radical (unpaired) electrons. The average Bonchev–Trinajstić information content (AvgIpc) is 2.39. The van der Waals surface area contributed by atoms with Crippen LogP contribution in [0.15, 0.2) is 24.3 Å². The van der Waals surface area contributed by atoms with Crippen molar-refractivity contribution in [3.8, 4) is 11.8 Å². The van der Waals surface area contributed by atoms with Crippen molar-refractivity contribution < 1.29 is 14.9 Å². The van der Waals surface area contributed by atoms with E-state index in [-0.39, 0.29) is 0 Å². The molecule has 0 saturated carbocycles. The molecule has 18 heavy (non-hydrogen) atoms. The summed E-state index contributed by atoms with van der Waals surface area (Å²) in [6.45, 7) is 0.668. The molecule has 0 aromatic heterocycles. The van der Waals surface area contributed by atoms with Crippen LogP contribution in [0, 0.1) is 11.3 Å². The molecule has 0 spiro atoms. The number of nitrogens with zero attached hydrogens (tertiary/aromatic N) is 1. The summed E-state index contributed by atoms with van der Waals surface area (Å²) in [6.07, 6.45) is -1.12. The number of nitriles is 1. The number of benzene rings is 1. The summed E-state index contributed by atoms with van der Waals surface area (Å²) in [4.78, 5) is 0. The van der Waals surface area contributed by atoms with E-state index in [9.17, 15) is 10.2 Å². The van der Waals surface area contributed by atoms with Crippen LogP contribution in [-0.2, 0) is 0 Å². The minimum absolute atomic E-state index is 0.327. The zero-order valence-corrected chi connectivity index (χ0v) is 10.1. The van der Waals surface area contributed by atoms with Gasteiger partial charge >= 0.3 is 0 Å². The molecule has 0 amide bonds. The number of aliphatic hydroxyl groups is 2. The molecule has 98 valence electrons. The topological polar surface area (TPSA) is 99.5 Å². The number of hydrogen-bond donors (Lipinski definition) is 3. The van der Waals surface area contributed by atoms with Crippen molar-refractivity contribution in [2.45, 2.75) is 25.0 Å². The largest absolute Gasteiger partial charge is 0.493 e. The Bertz CT molecular complexity index is 386. The van der Waals surface area contributed by atoms with Crippen molar-refractivity contribution >= 4 is 0 Å². The van der Waals surface area contributed by atoms with E-state index in [0.29, 0.717) is 37.3 Å². The molecule has 1 aromatic carbocycles. The Labute approximate surface area is 106 Å². The van der Waals surface area contributed by atoms with Crippen LogP contribution in [0.1, 0.15) is 24.5 Å². The summed E-state index contributed by atoms with van der Waals surface area (Å²) >= 11 is 0. The second-order valence-corrected chi connectivity index (χ2v) is 3.92. The van der Waals surface area contributed by atoms with Crippen LogP contribution in [0.3, 0.4) is 0 Å². The third-order valence-corrected chi connectivity index (χ3v) is 2.53. The van der Waals surface area contributed by atoms with E-state index >= 15 is 0 Å². The lowest BCUT2D eigenvalue weighted by atomic mass is 10.0. The van der Waals surface area contributed by atoms with Gasteiger partial charge in [-0.3, -0.25) is 0 Å². The summed E-state index contributed by atoms with van der Waals surface area (Å²) in [7, 11) is 0. The number of aliphatic hydroxyl groups excluding tert-OH is 2. The van der Waals surface area contributed by atoms with Crippen molar-refractivity contribution in [3.05, 3.63) is 29.8 Å². The van der Waals surface area contributed by atoms with E-state index in [1.807, 2.05) is 6.07 Å². The molecular formula is C13H18N2O3. The fourth-order valence-corrected chi connectivity index (χ4v) is 1.53. The fourth-order valence-electron chi connectivity index (χ4n) is 1.53. The van der Waals surface area contributed by atoms with E-state index in [0.717, 1.165) is 0 Å². The van der Waals surface area contributed by atoms with Gasteiger partial charge in [-0.2, -0.15) is 5.26 Å². The molecule has 0 heterocycles. The molecule has 2 unspecified atom stereocenters. The van der Waals surface area contributed by atoms with Crippen molar-refractivity contribution in [2.24, 2.45) is 5.73 Å². The Morgan fingerprint density at radius 1 is 1.28 bits per heavy atom. The molecule has 2 atom stereocenters. The third-order valence-electron chi connectivity index (χ3n) is 2.53. The smallest absolute Gasteiger partial charge is 0.119 e. The Morgan fingerprint density at radius 2 is 1.94 bits per heavy atom. The van der Waals surface area contributed by atoms with Crippen molar-refractivity contribution in [1.82, 2.24) is 0 Å². The standard InChI is InChI=1S/C13H18N2O3/c14-7-1-9-18-11-4-2-10(3-5-11)13(17)12(16)6-8-15/h2-5,12-13,16-17H,1,6,8-9,15H2. The van der Waals surface area contributed by atoms with Crippen LogP contribution in [0.25, 0.3) is 0 Å². The molecule has 0 aliphatic rings. The molecule has 1 aromatic rings. The third kappa shape index (κ3) is 4.34. The first-order chi connectivity index (χ1) is 8.69. The van der Waals surface area contributed by atoms with Crippen LogP contribution in [0.4, 0.5) is 0 Å². The van der Waals surface area contributed by atoms with E-state index in [1.165, 1.54) is 0 Å². The highest BCUT2D eigenvalue weighted by Crippen LogP contribution is 2.21. The summed E-state index contributed by atoms with van der Waals surface area (Å²) in [5, 5.41) is 27.8. The molecule has 1 rings (SSSR count). The highest BCUT2D eigenvalue weighted by atomic mass is 16.5. The molecular weight excluding hydrogens is 232 g/mol. The maximum atomic E-state index is 9.84. The van der Waals surface area contributed by atoms with Gasteiger partial charge in [-0.15, -0.1) is 0 Å². The van der Waals surface area contributed by atoms with Gasteiger partial charge < -0.3 is 20.7 Å². The zero-order chi connectivity index (χ0) is 13.4. The van der Waals surface area contributed by atoms with Crippen LogP contribution in [0.2, 0.25) is 0 Å². The van der Waals surface area contributed by atoms with E-state index < -0.39 is 12.2 Å². The summed E-state index contributed by atoms with van der Waals surface area (Å²) < 4.78 is 5.30. The second-order valence-electron chi connectivity index (χ2n) is 3.92. The van der Waals surface area contributed by atoms with Gasteiger partial charge in [0.2, 0.25) is 0 Å². The van der Waals surface area contributed by atoms with Crippen LogP contribution in [0.5, 0.6) is 5.75 Å². The number of rotatable bonds is 7. The Balaban J connectivity index is 2.56. The molecule has 5 heteroatoms. The van der Waals surface area contributed by atoms with Gasteiger partial charge in [0.1, 0.15) is 18.5 Å². The second kappa shape index (κ2) is 7.67. The highest BCUT2D eigenvalue weighted by molar-refractivity contribution is 5.29. The van der Waals surface area contributed by atoms with Gasteiger partial charge in [0.25, 0.3) is 0 Å². The highest BCUT2D eigenvalue weighted by Gasteiger charge is 2.17. The van der Waals surface area contributed by atoms with Crippen LogP contribution in [-0.4, -0.2) is 29.5 Å². The molecule has 0 fully saturated rings. The molecule has 0 aliphatic carbocycles. The Hall–Kier alpha value is -1.61. The molecule has 4 N–H and O–H groups in total. The fraction of sp³-hybridized carbons (Fsp3) is 0.462. The molecule has 0 bridgehead atoms. The normalized spacial score (nSPS) is 13.7. The first-order valence-electron chi connectivity index (χ1n) is 5.85. The number of hydrogen-bond acceptors (Lipinski definition) is 5. The first-order valence-corrected chi connectivity index (χ1v) is 5.85. The van der Waals surface area contributed by atoms with Gasteiger partial charge in [-0.05, 0) is 30.7 Å². The van der Waals surface area contributed by atoms with Gasteiger partial charge in [0.05, 0.1) is 18.6 Å². The Morgan fingerprint density at radius 3 is 2.50 bits per heavy atom. The SMILES string of the molecule is N#CCCOc1ccc(C(O)C(O)CCN)cc1. The zero-order valence-electron chi connectivity index (χ0n) is 10.1. The Kier molecular flexibility index (Phi) is 6.15. The predicted octanol–water partition coefficient (Wildman–Crippen LogP) is 0.722. The van der Waals surface area contributed by atoms with E-state index in [2.05, 4.69) is 0 Å². The minimum atomic E-state index is -0.943. The molecule has 5 nitrogen and oxygen atoms in total. The number of ether oxygens (including phenoxy) is 1. The first kappa shape index (κ1) is 14.5. The van der Waals surface area contributed by atoms with E-state index in [4.69, 9.17) is 15.7 Å². The van der Waals surface area contributed by atoms with Crippen molar-refractivity contribution in [2.75, 3.05) is 13.2 Å². The van der Waals surface area contributed by atoms with Crippen LogP contribution >= 0.6 is 0 Å². The van der Waals surface area contributed by atoms with Crippen molar-refractivity contribution in [3.63, 3.8) is 0 Å². The lowest BCUT2D eigenvalue weighted by Gasteiger charge is -2.17. The maximum absolute atomic E-state index is 9.84. The van der Waals surface area contributed by atoms with E-state index in [1.54, 1.807) is 24.3 Å². The van der Waals surface area contributed by atoms with Crippen LogP contribution < -0.4 is 10.5 Å². The van der Waals surface area contributed by atoms with Crippen molar-refractivity contribution in [1.29, 1.82) is 5.26 Å². The average molecular weight is 250 g/mol. The van der Waals surface area contributed by atoms with Gasteiger partial charge in [0, 0.05) is 0 Å². The maximum Gasteiger partial charge on any atom is 0.119 e. The van der Waals surface area contributed by atoms with Gasteiger partial charge in [0.15, 0.2) is 0 Å². The summed E-state index contributed by atoms with van der Waals surface area (Å²) in [6, 6.07) is 8.76. The quantitative estimate of drug-likeness (QED) is 0.619. The lowest BCUT2D eigenvalue weighted by Crippen LogP contribution is -2.21. The summed E-state index contributed by atoms with van der Waals surface area (Å²) in [5.74, 6) is 0.634. The molecule has 0 aliphatic heterocycles. The summed E-state index contributed by atoms with van der Waals surface area (Å²) in [5.41, 5.74) is 5.93. The molecule has 0 saturated heterocycles. The monoisotopic (exact) mass is 250 g/mol. The number of nitrogens with two attached hydrogens (primary N) is 1. The minimum Gasteiger partial charge on any atom is -0.493 e. The van der Waals surface area contributed by atoms with Gasteiger partial charge in [-0.1, -0.05) is 12.1 Å². The van der Waals surface area contributed by atoms with Gasteiger partial charge in [-0.25, -0.2) is 0 Å².